The fourth-order valence-electron chi connectivity index (χ4n) is 3.19. The van der Waals surface area contributed by atoms with Gasteiger partial charge in [-0.05, 0) is 29.7 Å². The maximum atomic E-state index is 13.5. The van der Waals surface area contributed by atoms with E-state index in [2.05, 4.69) is 0 Å². The third kappa shape index (κ3) is 4.65. The minimum Gasteiger partial charge on any atom is -0.391 e. The van der Waals surface area contributed by atoms with Crippen molar-refractivity contribution in [3.63, 3.8) is 0 Å². The molecule has 132 valence electrons. The summed E-state index contributed by atoms with van der Waals surface area (Å²) in [6, 6.07) is 15.7. The van der Waals surface area contributed by atoms with Gasteiger partial charge in [-0.2, -0.15) is 0 Å². The molecule has 0 saturated carbocycles. The highest BCUT2D eigenvalue weighted by Crippen LogP contribution is 2.32. The summed E-state index contributed by atoms with van der Waals surface area (Å²) >= 11 is 0. The maximum absolute atomic E-state index is 13.5. The molecule has 0 unspecified atom stereocenters. The number of amides is 1. The summed E-state index contributed by atoms with van der Waals surface area (Å²) in [6.45, 7) is 1.05. The van der Waals surface area contributed by atoms with Crippen molar-refractivity contribution in [3.05, 3.63) is 71.5 Å². The molecule has 1 aliphatic rings. The van der Waals surface area contributed by atoms with Gasteiger partial charge in [-0.15, -0.1) is 0 Å². The summed E-state index contributed by atoms with van der Waals surface area (Å²) in [4.78, 5) is 14.1. The second kappa shape index (κ2) is 8.23. The number of carbonyl (C=O) groups is 1. The molecule has 1 heterocycles. The lowest BCUT2D eigenvalue weighted by molar-refractivity contribution is -0.133. The number of rotatable bonds is 6. The van der Waals surface area contributed by atoms with Crippen LogP contribution in [0.3, 0.4) is 0 Å². The summed E-state index contributed by atoms with van der Waals surface area (Å²) in [5.41, 5.74) is 1.78. The van der Waals surface area contributed by atoms with Crippen LogP contribution in [0.1, 0.15) is 30.0 Å². The number of ether oxygens (including phenoxy) is 1. The zero-order chi connectivity index (χ0) is 17.6. The van der Waals surface area contributed by atoms with E-state index in [1.165, 1.54) is 12.1 Å². The molecule has 2 aromatic carbocycles. The molecule has 1 amide bonds. The fourth-order valence-corrected chi connectivity index (χ4v) is 3.19. The van der Waals surface area contributed by atoms with E-state index in [1.54, 1.807) is 17.0 Å². The number of likely N-dealkylation sites (tertiary alicyclic amines) is 1. The molecule has 2 atom stereocenters. The van der Waals surface area contributed by atoms with Crippen molar-refractivity contribution >= 4 is 5.91 Å². The van der Waals surface area contributed by atoms with Crippen LogP contribution in [0.4, 0.5) is 4.39 Å². The summed E-state index contributed by atoms with van der Waals surface area (Å²) in [6.07, 6.45) is 0.0910. The number of halogens is 1. The predicted octanol–water partition coefficient (Wildman–Crippen LogP) is 3.07. The quantitative estimate of drug-likeness (QED) is 0.820. The van der Waals surface area contributed by atoms with E-state index in [-0.39, 0.29) is 30.7 Å². The van der Waals surface area contributed by atoms with Crippen LogP contribution in [0.5, 0.6) is 0 Å². The first-order valence-electron chi connectivity index (χ1n) is 8.48. The Morgan fingerprint density at radius 3 is 2.76 bits per heavy atom. The van der Waals surface area contributed by atoms with Gasteiger partial charge in [0.25, 0.3) is 0 Å². The van der Waals surface area contributed by atoms with Crippen molar-refractivity contribution in [2.75, 3.05) is 13.2 Å². The van der Waals surface area contributed by atoms with Gasteiger partial charge in [-0.25, -0.2) is 4.39 Å². The molecule has 0 spiro atoms. The van der Waals surface area contributed by atoms with E-state index in [9.17, 15) is 14.3 Å². The molecule has 0 aromatic heterocycles. The van der Waals surface area contributed by atoms with Crippen LogP contribution in [0, 0.1) is 5.82 Å². The second-order valence-corrected chi connectivity index (χ2v) is 6.29. The number of carbonyl (C=O) groups excluding carboxylic acids is 1. The standard InChI is InChI=1S/C20H22FNO3/c21-17-8-4-7-16(11-17)19-12-18(23)13-22(19)20(24)9-10-25-14-15-5-2-1-3-6-15/h1-8,11,18-19,23H,9-10,12-14H2/t18-,19-/m0/s1. The minimum atomic E-state index is -0.581. The first kappa shape index (κ1) is 17.6. The molecule has 1 saturated heterocycles. The van der Waals surface area contributed by atoms with Crippen LogP contribution in [0.2, 0.25) is 0 Å². The third-order valence-corrected chi connectivity index (χ3v) is 4.40. The van der Waals surface area contributed by atoms with Crippen LogP contribution < -0.4 is 0 Å². The number of β-amino-alcohol motifs (C(OH)–C–C–N with tert-alkyl or cyclic N) is 1. The highest BCUT2D eigenvalue weighted by Gasteiger charge is 2.35. The monoisotopic (exact) mass is 343 g/mol. The van der Waals surface area contributed by atoms with Crippen molar-refractivity contribution in [1.82, 2.24) is 4.90 Å². The van der Waals surface area contributed by atoms with E-state index < -0.39 is 6.10 Å². The van der Waals surface area contributed by atoms with Gasteiger partial charge in [-0.1, -0.05) is 42.5 Å². The van der Waals surface area contributed by atoms with Crippen molar-refractivity contribution in [2.45, 2.75) is 31.6 Å². The normalized spacial score (nSPS) is 20.0. The summed E-state index contributed by atoms with van der Waals surface area (Å²) in [7, 11) is 0. The van der Waals surface area contributed by atoms with Crippen LogP contribution >= 0.6 is 0 Å². The van der Waals surface area contributed by atoms with Gasteiger partial charge in [0.2, 0.25) is 5.91 Å². The van der Waals surface area contributed by atoms with Crippen molar-refractivity contribution < 1.29 is 19.0 Å². The van der Waals surface area contributed by atoms with E-state index in [1.807, 2.05) is 30.3 Å². The number of benzene rings is 2. The molecule has 2 aromatic rings. The first-order chi connectivity index (χ1) is 12.1. The molecular formula is C20H22FNO3. The topological polar surface area (TPSA) is 49.8 Å². The molecule has 1 fully saturated rings. The number of hydrogen-bond donors (Lipinski definition) is 1. The van der Waals surface area contributed by atoms with Crippen LogP contribution in [0.15, 0.2) is 54.6 Å². The van der Waals surface area contributed by atoms with E-state index in [0.29, 0.717) is 19.6 Å². The highest BCUT2D eigenvalue weighted by atomic mass is 19.1. The van der Waals surface area contributed by atoms with Crippen LogP contribution in [-0.2, 0) is 16.1 Å². The zero-order valence-corrected chi connectivity index (χ0v) is 14.0. The predicted molar refractivity (Wildman–Crippen MR) is 92.2 cm³/mol. The Morgan fingerprint density at radius 2 is 2.00 bits per heavy atom. The molecule has 1 aliphatic heterocycles. The van der Waals surface area contributed by atoms with E-state index >= 15 is 0 Å². The minimum absolute atomic E-state index is 0.0844. The molecule has 0 radical (unpaired) electrons. The summed E-state index contributed by atoms with van der Waals surface area (Å²) in [5.74, 6) is -0.420. The van der Waals surface area contributed by atoms with Gasteiger partial charge in [0.05, 0.1) is 31.8 Å². The largest absolute Gasteiger partial charge is 0.391 e. The molecule has 4 nitrogen and oxygen atoms in total. The lowest BCUT2D eigenvalue weighted by atomic mass is 10.0. The van der Waals surface area contributed by atoms with Crippen LogP contribution in [0.25, 0.3) is 0 Å². The third-order valence-electron chi connectivity index (χ3n) is 4.40. The molecule has 1 N–H and O–H groups in total. The number of nitrogens with zero attached hydrogens (tertiary/aromatic N) is 1. The van der Waals surface area contributed by atoms with Gasteiger partial charge in [0.1, 0.15) is 5.82 Å². The number of hydrogen-bond acceptors (Lipinski definition) is 3. The molecular weight excluding hydrogens is 321 g/mol. The SMILES string of the molecule is O=C(CCOCc1ccccc1)N1C[C@@H](O)C[C@H]1c1cccc(F)c1. The number of aliphatic hydroxyl groups is 1. The molecule has 0 aliphatic carbocycles. The Morgan fingerprint density at radius 1 is 1.20 bits per heavy atom. The Hall–Kier alpha value is -2.24. The lowest BCUT2D eigenvalue weighted by Crippen LogP contribution is -2.32. The molecule has 3 rings (SSSR count). The van der Waals surface area contributed by atoms with Gasteiger partial charge in [-0.3, -0.25) is 4.79 Å². The van der Waals surface area contributed by atoms with Crippen molar-refractivity contribution in [2.24, 2.45) is 0 Å². The Kier molecular flexibility index (Phi) is 5.79. The average molecular weight is 343 g/mol. The van der Waals surface area contributed by atoms with Gasteiger partial charge >= 0.3 is 0 Å². The summed E-state index contributed by atoms with van der Waals surface area (Å²) in [5, 5.41) is 9.95. The maximum Gasteiger partial charge on any atom is 0.225 e. The Labute approximate surface area is 146 Å². The Bertz CT molecular complexity index is 707. The van der Waals surface area contributed by atoms with Gasteiger partial charge in [0, 0.05) is 6.54 Å². The smallest absolute Gasteiger partial charge is 0.225 e. The molecule has 25 heavy (non-hydrogen) atoms. The van der Waals surface area contributed by atoms with Gasteiger partial charge < -0.3 is 14.7 Å². The van der Waals surface area contributed by atoms with E-state index in [4.69, 9.17) is 4.74 Å². The van der Waals surface area contributed by atoms with Crippen molar-refractivity contribution in [3.8, 4) is 0 Å². The first-order valence-corrected chi connectivity index (χ1v) is 8.48. The Balaban J connectivity index is 1.54. The fraction of sp³-hybridized carbons (Fsp3) is 0.350. The highest BCUT2D eigenvalue weighted by molar-refractivity contribution is 5.77. The summed E-state index contributed by atoms with van der Waals surface area (Å²) < 4.78 is 19.0. The molecule has 5 heteroatoms. The molecule has 0 bridgehead atoms. The lowest BCUT2D eigenvalue weighted by Gasteiger charge is -2.25. The van der Waals surface area contributed by atoms with Gasteiger partial charge in [0.15, 0.2) is 0 Å². The van der Waals surface area contributed by atoms with Crippen LogP contribution in [-0.4, -0.2) is 35.2 Å². The second-order valence-electron chi connectivity index (χ2n) is 6.29. The van der Waals surface area contributed by atoms with E-state index in [0.717, 1.165) is 11.1 Å². The zero-order valence-electron chi connectivity index (χ0n) is 14.0. The average Bonchev–Trinajstić information content (AvgIpc) is 3.01. The number of aliphatic hydroxyl groups excluding tert-OH is 1. The van der Waals surface area contributed by atoms with Crippen molar-refractivity contribution in [1.29, 1.82) is 0 Å².